The lowest BCUT2D eigenvalue weighted by molar-refractivity contribution is -0.127. The van der Waals surface area contributed by atoms with Crippen LogP contribution in [0.1, 0.15) is 16.1 Å². The molecule has 1 aromatic heterocycles. The monoisotopic (exact) mass is 361 g/mol. The zero-order valence-corrected chi connectivity index (χ0v) is 14.2. The summed E-state index contributed by atoms with van der Waals surface area (Å²) in [6.45, 7) is 0. The quantitative estimate of drug-likeness (QED) is 0.732. The van der Waals surface area contributed by atoms with Gasteiger partial charge in [0, 0.05) is 17.1 Å². The molecular formula is C16H15N3O3S2. The zero-order chi connectivity index (χ0) is 16.9. The number of anilines is 1. The Labute approximate surface area is 147 Å². The third kappa shape index (κ3) is 3.95. The second-order valence-corrected chi connectivity index (χ2v) is 7.19. The molecule has 3 rings (SSSR count). The van der Waals surface area contributed by atoms with Crippen LogP contribution in [0.3, 0.4) is 0 Å². The Kier molecular flexibility index (Phi) is 5.17. The number of carbonyl (C=O) groups excluding carboxylic acids is 3. The SMILES string of the molecule is O=C(C[C@@H]1CSc2ccccc2NC1=O)NNC(=O)c1cccs1. The molecule has 3 amide bonds. The molecule has 0 fully saturated rings. The topological polar surface area (TPSA) is 87.3 Å². The molecular weight excluding hydrogens is 346 g/mol. The summed E-state index contributed by atoms with van der Waals surface area (Å²) in [7, 11) is 0. The lowest BCUT2D eigenvalue weighted by Crippen LogP contribution is -2.43. The van der Waals surface area contributed by atoms with Crippen LogP contribution in [0.2, 0.25) is 0 Å². The summed E-state index contributed by atoms with van der Waals surface area (Å²) < 4.78 is 0. The molecule has 1 aromatic carbocycles. The van der Waals surface area contributed by atoms with Crippen molar-refractivity contribution in [2.75, 3.05) is 11.1 Å². The Morgan fingerprint density at radius 1 is 1.17 bits per heavy atom. The molecule has 2 aromatic rings. The smallest absolute Gasteiger partial charge is 0.279 e. The highest BCUT2D eigenvalue weighted by molar-refractivity contribution is 7.99. The maximum absolute atomic E-state index is 12.2. The van der Waals surface area contributed by atoms with Gasteiger partial charge in [-0.05, 0) is 23.6 Å². The van der Waals surface area contributed by atoms with Crippen molar-refractivity contribution in [1.82, 2.24) is 10.9 Å². The molecule has 0 radical (unpaired) electrons. The number of thioether (sulfide) groups is 1. The van der Waals surface area contributed by atoms with Crippen LogP contribution in [0.25, 0.3) is 0 Å². The van der Waals surface area contributed by atoms with Crippen molar-refractivity contribution >= 4 is 46.5 Å². The number of amides is 3. The summed E-state index contributed by atoms with van der Waals surface area (Å²) in [5.41, 5.74) is 5.48. The van der Waals surface area contributed by atoms with Gasteiger partial charge in [-0.25, -0.2) is 0 Å². The second-order valence-electron chi connectivity index (χ2n) is 5.18. The van der Waals surface area contributed by atoms with Gasteiger partial charge in [0.25, 0.3) is 5.91 Å². The van der Waals surface area contributed by atoms with Gasteiger partial charge in [-0.1, -0.05) is 18.2 Å². The van der Waals surface area contributed by atoms with Gasteiger partial charge in [0.15, 0.2) is 0 Å². The average Bonchev–Trinajstić information content (AvgIpc) is 3.07. The number of hydrogen-bond acceptors (Lipinski definition) is 5. The summed E-state index contributed by atoms with van der Waals surface area (Å²) in [5.74, 6) is -0.903. The number of para-hydroxylation sites is 1. The Morgan fingerprint density at radius 2 is 2.00 bits per heavy atom. The predicted octanol–water partition coefficient (Wildman–Crippen LogP) is 2.26. The van der Waals surface area contributed by atoms with Gasteiger partial charge in [-0.2, -0.15) is 0 Å². The number of hydrogen-bond donors (Lipinski definition) is 3. The molecule has 0 saturated heterocycles. The highest BCUT2D eigenvalue weighted by Gasteiger charge is 2.26. The van der Waals surface area contributed by atoms with E-state index in [2.05, 4.69) is 16.2 Å². The molecule has 3 N–H and O–H groups in total. The molecule has 1 aliphatic rings. The average molecular weight is 361 g/mol. The number of fused-ring (bicyclic) bond motifs is 1. The van der Waals surface area contributed by atoms with Crippen LogP contribution in [-0.4, -0.2) is 23.5 Å². The number of thiophene rings is 1. The Bertz CT molecular complexity index is 762. The summed E-state index contributed by atoms with van der Waals surface area (Å²) in [4.78, 5) is 37.5. The van der Waals surface area contributed by atoms with Gasteiger partial charge >= 0.3 is 0 Å². The summed E-state index contributed by atoms with van der Waals surface area (Å²) in [6.07, 6.45) is 0.0115. The van der Waals surface area contributed by atoms with Crippen molar-refractivity contribution in [2.45, 2.75) is 11.3 Å². The highest BCUT2D eigenvalue weighted by atomic mass is 32.2. The van der Waals surface area contributed by atoms with Crippen molar-refractivity contribution in [3.8, 4) is 0 Å². The first-order valence-corrected chi connectivity index (χ1v) is 9.15. The van der Waals surface area contributed by atoms with Crippen LogP contribution in [0.4, 0.5) is 5.69 Å². The van der Waals surface area contributed by atoms with E-state index in [0.29, 0.717) is 10.6 Å². The summed E-state index contributed by atoms with van der Waals surface area (Å²) >= 11 is 2.82. The van der Waals surface area contributed by atoms with E-state index in [1.807, 2.05) is 24.3 Å². The number of carbonyl (C=O) groups is 3. The number of nitrogens with one attached hydrogen (secondary N) is 3. The van der Waals surface area contributed by atoms with E-state index in [-0.39, 0.29) is 18.2 Å². The van der Waals surface area contributed by atoms with E-state index in [4.69, 9.17) is 0 Å². The van der Waals surface area contributed by atoms with Crippen molar-refractivity contribution in [1.29, 1.82) is 0 Å². The lowest BCUT2D eigenvalue weighted by atomic mass is 10.1. The fourth-order valence-electron chi connectivity index (χ4n) is 2.22. The number of benzene rings is 1. The van der Waals surface area contributed by atoms with Gasteiger partial charge in [0.1, 0.15) is 0 Å². The van der Waals surface area contributed by atoms with E-state index in [0.717, 1.165) is 10.6 Å². The summed E-state index contributed by atoms with van der Waals surface area (Å²) in [5, 5.41) is 4.62. The van der Waals surface area contributed by atoms with Crippen molar-refractivity contribution in [2.24, 2.45) is 5.92 Å². The fourth-order valence-corrected chi connectivity index (χ4v) is 3.94. The van der Waals surface area contributed by atoms with E-state index in [1.54, 1.807) is 17.5 Å². The molecule has 0 bridgehead atoms. The maximum Gasteiger partial charge on any atom is 0.279 e. The molecule has 24 heavy (non-hydrogen) atoms. The van der Waals surface area contributed by atoms with E-state index >= 15 is 0 Å². The molecule has 1 aliphatic heterocycles. The van der Waals surface area contributed by atoms with Gasteiger partial charge < -0.3 is 5.32 Å². The lowest BCUT2D eigenvalue weighted by Gasteiger charge is -2.13. The van der Waals surface area contributed by atoms with Gasteiger partial charge in [0.2, 0.25) is 11.8 Å². The van der Waals surface area contributed by atoms with Gasteiger partial charge in [0.05, 0.1) is 16.5 Å². The minimum atomic E-state index is -0.457. The zero-order valence-electron chi connectivity index (χ0n) is 12.6. The number of hydrazine groups is 1. The van der Waals surface area contributed by atoms with Crippen molar-refractivity contribution < 1.29 is 14.4 Å². The van der Waals surface area contributed by atoms with Gasteiger partial charge in [-0.15, -0.1) is 23.1 Å². The van der Waals surface area contributed by atoms with E-state index < -0.39 is 11.8 Å². The molecule has 8 heteroatoms. The standard InChI is InChI=1S/C16H15N3O3S2/c20-14(18-19-16(22)13-6-3-7-23-13)8-10-9-24-12-5-2-1-4-11(12)17-15(10)21/h1-7,10H,8-9H2,(H,17,21)(H,18,20)(H,19,22)/t10-/m1/s1. The largest absolute Gasteiger partial charge is 0.325 e. The summed E-state index contributed by atoms with van der Waals surface area (Å²) in [6, 6.07) is 11.0. The van der Waals surface area contributed by atoms with Crippen LogP contribution in [0.15, 0.2) is 46.7 Å². The van der Waals surface area contributed by atoms with Crippen LogP contribution in [0, 0.1) is 5.92 Å². The molecule has 6 nitrogen and oxygen atoms in total. The second kappa shape index (κ2) is 7.50. The van der Waals surface area contributed by atoms with Crippen molar-refractivity contribution in [3.63, 3.8) is 0 Å². The van der Waals surface area contributed by atoms with E-state index in [1.165, 1.54) is 23.1 Å². The highest BCUT2D eigenvalue weighted by Crippen LogP contribution is 2.32. The number of rotatable bonds is 3. The Hall–Kier alpha value is -2.32. The predicted molar refractivity (Wildman–Crippen MR) is 93.8 cm³/mol. The molecule has 124 valence electrons. The Morgan fingerprint density at radius 3 is 2.79 bits per heavy atom. The molecule has 0 spiro atoms. The van der Waals surface area contributed by atoms with Crippen LogP contribution >= 0.6 is 23.1 Å². The Balaban J connectivity index is 1.53. The van der Waals surface area contributed by atoms with Crippen molar-refractivity contribution in [3.05, 3.63) is 46.7 Å². The first-order valence-electron chi connectivity index (χ1n) is 7.29. The molecule has 1 atom stereocenters. The molecule has 0 saturated carbocycles. The minimum absolute atomic E-state index is 0.0115. The third-order valence-corrected chi connectivity index (χ3v) is 5.55. The van der Waals surface area contributed by atoms with Crippen LogP contribution in [-0.2, 0) is 9.59 Å². The minimum Gasteiger partial charge on any atom is -0.325 e. The molecule has 2 heterocycles. The van der Waals surface area contributed by atoms with Crippen LogP contribution < -0.4 is 16.2 Å². The molecule has 0 unspecified atom stereocenters. The normalized spacial score (nSPS) is 16.5. The fraction of sp³-hybridized carbons (Fsp3) is 0.188. The van der Waals surface area contributed by atoms with Gasteiger partial charge in [-0.3, -0.25) is 25.2 Å². The third-order valence-electron chi connectivity index (χ3n) is 3.45. The van der Waals surface area contributed by atoms with E-state index in [9.17, 15) is 14.4 Å². The first-order chi connectivity index (χ1) is 11.6. The first kappa shape index (κ1) is 16.5. The van der Waals surface area contributed by atoms with Crippen LogP contribution in [0.5, 0.6) is 0 Å². The molecule has 0 aliphatic carbocycles. The maximum atomic E-state index is 12.2.